The molecule has 0 atom stereocenters. The number of benzene rings is 1. The highest BCUT2D eigenvalue weighted by Crippen LogP contribution is 2.40. The van der Waals surface area contributed by atoms with E-state index in [1.807, 2.05) is 0 Å². The minimum Gasteiger partial charge on any atom is -0.388 e. The van der Waals surface area contributed by atoms with Gasteiger partial charge in [0.15, 0.2) is 11.6 Å². The van der Waals surface area contributed by atoms with Gasteiger partial charge in [-0.1, -0.05) is 13.8 Å². The van der Waals surface area contributed by atoms with Gasteiger partial charge in [-0.3, -0.25) is 0 Å². The number of aliphatic hydroxyl groups is 1. The first kappa shape index (κ1) is 15.7. The Balaban J connectivity index is 2.06. The van der Waals surface area contributed by atoms with E-state index in [0.29, 0.717) is 12.8 Å². The summed E-state index contributed by atoms with van der Waals surface area (Å²) in [6, 6.07) is 3.67. The molecule has 1 aliphatic rings. The van der Waals surface area contributed by atoms with Crippen molar-refractivity contribution in [3.05, 3.63) is 29.3 Å². The fraction of sp³-hybridized carbons (Fsp3) is 0.562. The maximum atomic E-state index is 13.8. The van der Waals surface area contributed by atoms with E-state index in [9.17, 15) is 13.9 Å². The minimum absolute atomic E-state index is 0.0614. The molecule has 0 heterocycles. The molecule has 0 aliphatic heterocycles. The van der Waals surface area contributed by atoms with E-state index in [0.717, 1.165) is 25.0 Å². The van der Waals surface area contributed by atoms with Gasteiger partial charge in [-0.2, -0.15) is 5.26 Å². The Bertz CT molecular complexity index is 545. The number of anilines is 1. The Morgan fingerprint density at radius 2 is 1.71 bits per heavy atom. The molecule has 114 valence electrons. The van der Waals surface area contributed by atoms with Crippen molar-refractivity contribution >= 4 is 5.69 Å². The Morgan fingerprint density at radius 3 is 2.19 bits per heavy atom. The molecular weight excluding hydrogens is 274 g/mol. The molecule has 1 aromatic carbocycles. The van der Waals surface area contributed by atoms with Gasteiger partial charge < -0.3 is 10.4 Å². The predicted molar refractivity (Wildman–Crippen MR) is 76.8 cm³/mol. The van der Waals surface area contributed by atoms with Gasteiger partial charge in [0.2, 0.25) is 0 Å². The number of hydrogen-bond donors (Lipinski definition) is 2. The van der Waals surface area contributed by atoms with Gasteiger partial charge in [0.1, 0.15) is 5.69 Å². The number of nitriles is 1. The molecule has 5 heteroatoms. The van der Waals surface area contributed by atoms with Crippen LogP contribution in [0.2, 0.25) is 0 Å². The van der Waals surface area contributed by atoms with Crippen molar-refractivity contribution in [1.82, 2.24) is 0 Å². The smallest absolute Gasteiger partial charge is 0.150 e. The Morgan fingerprint density at radius 1 is 1.19 bits per heavy atom. The largest absolute Gasteiger partial charge is 0.388 e. The molecule has 0 saturated heterocycles. The summed E-state index contributed by atoms with van der Waals surface area (Å²) in [5.74, 6) is -1.63. The fourth-order valence-corrected chi connectivity index (χ4v) is 2.63. The number of hydrogen-bond acceptors (Lipinski definition) is 3. The predicted octanol–water partition coefficient (Wildman–Crippen LogP) is 3.58. The SMILES string of the molecule is CC1(C)CCC(O)(CNc2c(F)cc(C#N)cc2F)CC1. The summed E-state index contributed by atoms with van der Waals surface area (Å²) in [7, 11) is 0. The molecule has 0 amide bonds. The van der Waals surface area contributed by atoms with Crippen molar-refractivity contribution in [3.63, 3.8) is 0 Å². The van der Waals surface area contributed by atoms with Crippen LogP contribution in [0.3, 0.4) is 0 Å². The van der Waals surface area contributed by atoms with Crippen LogP contribution in [0, 0.1) is 28.4 Å². The van der Waals surface area contributed by atoms with E-state index in [4.69, 9.17) is 5.26 Å². The molecule has 1 saturated carbocycles. The van der Waals surface area contributed by atoms with Crippen molar-refractivity contribution in [2.45, 2.75) is 45.1 Å². The van der Waals surface area contributed by atoms with Crippen LogP contribution in [-0.2, 0) is 0 Å². The van der Waals surface area contributed by atoms with Gasteiger partial charge >= 0.3 is 0 Å². The second kappa shape index (κ2) is 5.61. The number of nitrogens with zero attached hydrogens (tertiary/aromatic N) is 1. The first-order chi connectivity index (χ1) is 9.75. The summed E-state index contributed by atoms with van der Waals surface area (Å²) >= 11 is 0. The summed E-state index contributed by atoms with van der Waals surface area (Å²) in [6.45, 7) is 4.41. The van der Waals surface area contributed by atoms with Crippen LogP contribution in [0.15, 0.2) is 12.1 Å². The zero-order valence-corrected chi connectivity index (χ0v) is 12.3. The van der Waals surface area contributed by atoms with Crippen LogP contribution >= 0.6 is 0 Å². The van der Waals surface area contributed by atoms with E-state index >= 15 is 0 Å². The molecule has 0 aromatic heterocycles. The van der Waals surface area contributed by atoms with Crippen molar-refractivity contribution in [2.75, 3.05) is 11.9 Å². The van der Waals surface area contributed by atoms with Crippen LogP contribution in [-0.4, -0.2) is 17.3 Å². The highest BCUT2D eigenvalue weighted by Gasteiger charge is 2.36. The quantitative estimate of drug-likeness (QED) is 0.896. The third kappa shape index (κ3) is 3.70. The van der Waals surface area contributed by atoms with Crippen LogP contribution in [0.1, 0.15) is 45.1 Å². The highest BCUT2D eigenvalue weighted by atomic mass is 19.1. The minimum atomic E-state index is -0.942. The average Bonchev–Trinajstić information content (AvgIpc) is 2.41. The lowest BCUT2D eigenvalue weighted by Gasteiger charge is -2.40. The highest BCUT2D eigenvalue weighted by molar-refractivity contribution is 5.50. The average molecular weight is 294 g/mol. The van der Waals surface area contributed by atoms with Gasteiger partial charge in [0, 0.05) is 6.54 Å². The van der Waals surface area contributed by atoms with Crippen LogP contribution in [0.5, 0.6) is 0 Å². The molecule has 1 aromatic rings. The number of nitrogens with one attached hydrogen (secondary N) is 1. The lowest BCUT2D eigenvalue weighted by molar-refractivity contribution is -0.0146. The Labute approximate surface area is 123 Å². The molecule has 21 heavy (non-hydrogen) atoms. The summed E-state index contributed by atoms with van der Waals surface area (Å²) < 4.78 is 27.5. The third-order valence-electron chi connectivity index (χ3n) is 4.30. The van der Waals surface area contributed by atoms with Gasteiger partial charge in [-0.15, -0.1) is 0 Å². The zero-order chi connectivity index (χ0) is 15.7. The van der Waals surface area contributed by atoms with Crippen LogP contribution in [0.25, 0.3) is 0 Å². The molecule has 0 bridgehead atoms. The molecule has 3 nitrogen and oxygen atoms in total. The van der Waals surface area contributed by atoms with E-state index in [2.05, 4.69) is 19.2 Å². The molecule has 0 unspecified atom stereocenters. The second-order valence-corrected chi connectivity index (χ2v) is 6.67. The topological polar surface area (TPSA) is 56.0 Å². The maximum absolute atomic E-state index is 13.8. The molecule has 0 spiro atoms. The van der Waals surface area contributed by atoms with Crippen molar-refractivity contribution in [2.24, 2.45) is 5.41 Å². The van der Waals surface area contributed by atoms with Gasteiger partial charge in [0.05, 0.1) is 17.2 Å². The lowest BCUT2D eigenvalue weighted by Crippen LogP contribution is -2.42. The summed E-state index contributed by atoms with van der Waals surface area (Å²) in [5.41, 5.74) is -1.08. The Hall–Kier alpha value is -1.67. The molecule has 0 radical (unpaired) electrons. The summed E-state index contributed by atoms with van der Waals surface area (Å²) in [6.07, 6.45) is 2.96. The number of rotatable bonds is 3. The summed E-state index contributed by atoms with van der Waals surface area (Å²) in [4.78, 5) is 0. The normalized spacial score (nSPS) is 19.8. The first-order valence-corrected chi connectivity index (χ1v) is 7.10. The maximum Gasteiger partial charge on any atom is 0.150 e. The van der Waals surface area contributed by atoms with Gasteiger partial charge in [0.25, 0.3) is 0 Å². The Kier molecular flexibility index (Phi) is 4.20. The third-order valence-corrected chi connectivity index (χ3v) is 4.30. The van der Waals surface area contributed by atoms with Crippen LogP contribution in [0.4, 0.5) is 14.5 Å². The van der Waals surface area contributed by atoms with Crippen molar-refractivity contribution in [3.8, 4) is 6.07 Å². The first-order valence-electron chi connectivity index (χ1n) is 7.10. The van der Waals surface area contributed by atoms with E-state index < -0.39 is 17.2 Å². The van der Waals surface area contributed by atoms with E-state index in [-0.39, 0.29) is 23.2 Å². The van der Waals surface area contributed by atoms with Crippen molar-refractivity contribution in [1.29, 1.82) is 5.26 Å². The second-order valence-electron chi connectivity index (χ2n) is 6.67. The summed E-state index contributed by atoms with van der Waals surface area (Å²) in [5, 5.41) is 21.8. The van der Waals surface area contributed by atoms with Gasteiger partial charge in [-0.25, -0.2) is 8.78 Å². The van der Waals surface area contributed by atoms with Crippen LogP contribution < -0.4 is 5.32 Å². The zero-order valence-electron chi connectivity index (χ0n) is 12.3. The van der Waals surface area contributed by atoms with E-state index in [1.165, 1.54) is 0 Å². The monoisotopic (exact) mass is 294 g/mol. The molecule has 1 fully saturated rings. The van der Waals surface area contributed by atoms with E-state index in [1.54, 1.807) is 6.07 Å². The van der Waals surface area contributed by atoms with Gasteiger partial charge in [-0.05, 0) is 43.2 Å². The molecule has 2 N–H and O–H groups in total. The standard InChI is InChI=1S/C16H20F2N2O/c1-15(2)3-5-16(21,6-4-15)10-20-14-12(17)7-11(9-19)8-13(14)18/h7-8,20-21H,3-6,10H2,1-2H3. The molecule has 2 rings (SSSR count). The van der Waals surface area contributed by atoms with Crippen molar-refractivity contribution < 1.29 is 13.9 Å². The molecule has 1 aliphatic carbocycles. The fourth-order valence-electron chi connectivity index (χ4n) is 2.63. The number of halogens is 2. The molecular formula is C16H20F2N2O. The lowest BCUT2D eigenvalue weighted by atomic mass is 9.71.